The number of nitrogens with zero attached hydrogens (tertiary/aromatic N) is 3. The third kappa shape index (κ3) is 3.17. The van der Waals surface area contributed by atoms with Crippen molar-refractivity contribution in [2.45, 2.75) is 33.2 Å². The second kappa shape index (κ2) is 5.48. The van der Waals surface area contributed by atoms with Gasteiger partial charge in [-0.1, -0.05) is 6.92 Å². The number of nitrogens with two attached hydrogens (primary N) is 1. The van der Waals surface area contributed by atoms with Crippen molar-refractivity contribution in [3.63, 3.8) is 0 Å². The van der Waals surface area contributed by atoms with Gasteiger partial charge in [-0.2, -0.15) is 19.3 Å². The van der Waals surface area contributed by atoms with E-state index in [1.807, 2.05) is 13.8 Å². The van der Waals surface area contributed by atoms with Crippen LogP contribution in [0.25, 0.3) is 0 Å². The quantitative estimate of drug-likeness (QED) is 0.901. The van der Waals surface area contributed by atoms with Crippen LogP contribution in [0, 0.1) is 19.0 Å². The van der Waals surface area contributed by atoms with Gasteiger partial charge in [0.1, 0.15) is 5.82 Å². The zero-order chi connectivity index (χ0) is 14.0. The average Bonchev–Trinajstić information content (AvgIpc) is 2.64. The number of nitrogen functional groups attached to an aromatic ring is 1. The van der Waals surface area contributed by atoms with E-state index in [1.54, 1.807) is 6.92 Å². The molecule has 0 aliphatic heterocycles. The standard InChI is InChI=1S/C12H16FN5S/c1-4-8(10-6(2)5-9(13)19-10)17-12-16-7(3)15-11(14)18-12/h5,8H,4H2,1-3H3,(H3,14,15,16,17,18). The molecule has 102 valence electrons. The van der Waals surface area contributed by atoms with E-state index in [9.17, 15) is 4.39 Å². The molecular formula is C12H16FN5S. The average molecular weight is 281 g/mol. The molecule has 0 bridgehead atoms. The normalized spacial score (nSPS) is 12.4. The van der Waals surface area contributed by atoms with Crippen LogP contribution in [0.4, 0.5) is 16.3 Å². The lowest BCUT2D eigenvalue weighted by molar-refractivity contribution is 0.656. The van der Waals surface area contributed by atoms with Gasteiger partial charge in [0.05, 0.1) is 6.04 Å². The van der Waals surface area contributed by atoms with Crippen molar-refractivity contribution < 1.29 is 4.39 Å². The van der Waals surface area contributed by atoms with E-state index >= 15 is 0 Å². The van der Waals surface area contributed by atoms with Gasteiger partial charge >= 0.3 is 0 Å². The van der Waals surface area contributed by atoms with Crippen LogP contribution in [-0.4, -0.2) is 15.0 Å². The number of nitrogens with one attached hydrogen (secondary N) is 1. The van der Waals surface area contributed by atoms with E-state index in [4.69, 9.17) is 5.73 Å². The third-order valence-corrected chi connectivity index (χ3v) is 3.86. The first kappa shape index (κ1) is 13.7. The molecule has 2 rings (SSSR count). The van der Waals surface area contributed by atoms with Crippen LogP contribution >= 0.6 is 11.3 Å². The topological polar surface area (TPSA) is 76.7 Å². The van der Waals surface area contributed by atoms with E-state index in [-0.39, 0.29) is 17.1 Å². The Balaban J connectivity index is 2.26. The summed E-state index contributed by atoms with van der Waals surface area (Å²) in [5.74, 6) is 1.16. The molecule has 0 saturated heterocycles. The van der Waals surface area contributed by atoms with Crippen LogP contribution in [0.5, 0.6) is 0 Å². The molecule has 3 N–H and O–H groups in total. The molecule has 2 aromatic rings. The Morgan fingerprint density at radius 3 is 2.63 bits per heavy atom. The van der Waals surface area contributed by atoms with E-state index in [0.29, 0.717) is 11.8 Å². The maximum atomic E-state index is 13.3. The maximum Gasteiger partial charge on any atom is 0.228 e. The van der Waals surface area contributed by atoms with Crippen LogP contribution in [0.1, 0.15) is 35.7 Å². The SMILES string of the molecule is CCC(Nc1nc(C)nc(N)n1)c1sc(F)cc1C. The molecule has 0 aliphatic rings. The number of aromatic nitrogens is 3. The van der Waals surface area contributed by atoms with Crippen LogP contribution in [-0.2, 0) is 0 Å². The summed E-state index contributed by atoms with van der Waals surface area (Å²) < 4.78 is 13.3. The number of halogens is 1. The molecule has 0 saturated carbocycles. The van der Waals surface area contributed by atoms with Crippen molar-refractivity contribution in [1.82, 2.24) is 15.0 Å². The minimum absolute atomic E-state index is 0.0318. The largest absolute Gasteiger partial charge is 0.368 e. The predicted octanol–water partition coefficient (Wildman–Crippen LogP) is 2.83. The highest BCUT2D eigenvalue weighted by Crippen LogP contribution is 2.30. The van der Waals surface area contributed by atoms with Gasteiger partial charge in [-0.3, -0.25) is 0 Å². The number of anilines is 2. The van der Waals surface area contributed by atoms with E-state index in [1.165, 1.54) is 6.07 Å². The lowest BCUT2D eigenvalue weighted by Crippen LogP contribution is -2.13. The van der Waals surface area contributed by atoms with Crippen molar-refractivity contribution in [2.24, 2.45) is 0 Å². The number of aryl methyl sites for hydroxylation is 2. The van der Waals surface area contributed by atoms with Gasteiger partial charge in [-0.25, -0.2) is 0 Å². The number of thiophene rings is 1. The molecule has 2 aromatic heterocycles. The monoisotopic (exact) mass is 281 g/mol. The molecule has 0 fully saturated rings. The van der Waals surface area contributed by atoms with Gasteiger partial charge in [0.15, 0.2) is 5.13 Å². The van der Waals surface area contributed by atoms with Crippen molar-refractivity contribution >= 4 is 23.2 Å². The molecule has 1 unspecified atom stereocenters. The van der Waals surface area contributed by atoms with Gasteiger partial charge in [0.2, 0.25) is 11.9 Å². The smallest absolute Gasteiger partial charge is 0.228 e. The minimum atomic E-state index is -0.181. The Kier molecular flexibility index (Phi) is 3.94. The third-order valence-electron chi connectivity index (χ3n) is 2.72. The fraction of sp³-hybridized carbons (Fsp3) is 0.417. The highest BCUT2D eigenvalue weighted by atomic mass is 32.1. The Morgan fingerprint density at radius 1 is 1.37 bits per heavy atom. The van der Waals surface area contributed by atoms with Crippen molar-refractivity contribution in [1.29, 1.82) is 0 Å². The first-order valence-corrected chi connectivity index (χ1v) is 6.81. The van der Waals surface area contributed by atoms with Gasteiger partial charge in [-0.05, 0) is 31.9 Å². The van der Waals surface area contributed by atoms with E-state index in [2.05, 4.69) is 20.3 Å². The van der Waals surface area contributed by atoms with Crippen molar-refractivity contribution in [3.8, 4) is 0 Å². The molecule has 2 heterocycles. The highest BCUT2D eigenvalue weighted by molar-refractivity contribution is 7.10. The van der Waals surface area contributed by atoms with Gasteiger partial charge < -0.3 is 11.1 Å². The second-order valence-electron chi connectivity index (χ2n) is 4.27. The zero-order valence-corrected chi connectivity index (χ0v) is 11.9. The Labute approximate surface area is 115 Å². The number of hydrogen-bond donors (Lipinski definition) is 2. The van der Waals surface area contributed by atoms with Gasteiger partial charge in [-0.15, -0.1) is 11.3 Å². The molecule has 0 aliphatic carbocycles. The molecule has 19 heavy (non-hydrogen) atoms. The molecule has 0 amide bonds. The fourth-order valence-electron chi connectivity index (χ4n) is 1.88. The second-order valence-corrected chi connectivity index (χ2v) is 5.30. The van der Waals surface area contributed by atoms with E-state index in [0.717, 1.165) is 28.2 Å². The summed E-state index contributed by atoms with van der Waals surface area (Å²) in [6.07, 6.45) is 0.797. The summed E-state index contributed by atoms with van der Waals surface area (Å²) in [4.78, 5) is 13.1. The molecule has 0 spiro atoms. The Morgan fingerprint density at radius 2 is 2.11 bits per heavy atom. The predicted molar refractivity (Wildman–Crippen MR) is 74.6 cm³/mol. The summed E-state index contributed by atoms with van der Waals surface area (Å²) in [5, 5.41) is 3.00. The summed E-state index contributed by atoms with van der Waals surface area (Å²) in [6, 6.07) is 1.51. The lowest BCUT2D eigenvalue weighted by Gasteiger charge is -2.16. The summed E-state index contributed by atoms with van der Waals surface area (Å²) in [7, 11) is 0. The molecule has 5 nitrogen and oxygen atoms in total. The van der Waals surface area contributed by atoms with Crippen LogP contribution in [0.3, 0.4) is 0 Å². The van der Waals surface area contributed by atoms with Crippen LogP contribution < -0.4 is 11.1 Å². The summed E-state index contributed by atoms with van der Waals surface area (Å²) in [6.45, 7) is 5.67. The fourth-order valence-corrected chi connectivity index (χ4v) is 2.91. The van der Waals surface area contributed by atoms with Crippen LogP contribution in [0.2, 0.25) is 0 Å². The molecule has 7 heteroatoms. The van der Waals surface area contributed by atoms with Gasteiger partial charge in [0, 0.05) is 4.88 Å². The first-order chi connectivity index (χ1) is 8.99. The molecular weight excluding hydrogens is 265 g/mol. The molecule has 0 aromatic carbocycles. The Bertz CT molecular complexity index is 563. The van der Waals surface area contributed by atoms with Crippen molar-refractivity contribution in [2.75, 3.05) is 11.1 Å². The zero-order valence-electron chi connectivity index (χ0n) is 11.1. The summed E-state index contributed by atoms with van der Waals surface area (Å²) in [5.41, 5.74) is 6.52. The lowest BCUT2D eigenvalue weighted by atomic mass is 10.1. The van der Waals surface area contributed by atoms with Crippen LogP contribution in [0.15, 0.2) is 6.07 Å². The highest BCUT2D eigenvalue weighted by Gasteiger charge is 2.17. The van der Waals surface area contributed by atoms with Crippen molar-refractivity contribution in [3.05, 3.63) is 27.5 Å². The maximum absolute atomic E-state index is 13.3. The van der Waals surface area contributed by atoms with E-state index < -0.39 is 0 Å². The number of rotatable bonds is 4. The molecule has 1 atom stereocenters. The molecule has 0 radical (unpaired) electrons. The summed E-state index contributed by atoms with van der Waals surface area (Å²) >= 11 is 1.14. The first-order valence-electron chi connectivity index (χ1n) is 6.00. The Hall–Kier alpha value is -1.76. The van der Waals surface area contributed by atoms with Gasteiger partial charge in [0.25, 0.3) is 0 Å². The number of hydrogen-bond acceptors (Lipinski definition) is 6. The minimum Gasteiger partial charge on any atom is -0.368 e.